The zero-order valence-corrected chi connectivity index (χ0v) is 13.2. The van der Waals surface area contributed by atoms with Crippen LogP contribution in [0.15, 0.2) is 29.6 Å². The predicted molar refractivity (Wildman–Crippen MR) is 85.3 cm³/mol. The maximum atomic E-state index is 12.1. The van der Waals surface area contributed by atoms with Crippen molar-refractivity contribution in [3.63, 3.8) is 0 Å². The van der Waals surface area contributed by atoms with Crippen LogP contribution < -0.4 is 0 Å². The number of aliphatic hydroxyl groups is 1. The molecule has 0 atom stereocenters. The first kappa shape index (κ1) is 15.7. The highest BCUT2D eigenvalue weighted by atomic mass is 32.1. The van der Waals surface area contributed by atoms with Crippen LogP contribution in [0.5, 0.6) is 0 Å². The number of likely N-dealkylation sites (N-methyl/N-ethyl adjacent to an activating group) is 1. The summed E-state index contributed by atoms with van der Waals surface area (Å²) in [6.07, 6.45) is 0.288. The number of carbonyl (C=O) groups is 1. The minimum Gasteiger partial charge on any atom is -0.395 e. The topological polar surface area (TPSA) is 53.4 Å². The number of aryl methyl sites for hydroxylation is 1. The largest absolute Gasteiger partial charge is 0.395 e. The Labute approximate surface area is 129 Å². The fourth-order valence-electron chi connectivity index (χ4n) is 2.15. The number of nitrogens with zero attached hydrogens (tertiary/aromatic N) is 2. The molecule has 1 heterocycles. The first-order valence-corrected chi connectivity index (χ1v) is 7.92. The first-order chi connectivity index (χ1) is 10.1. The Hall–Kier alpha value is -1.72. The van der Waals surface area contributed by atoms with Gasteiger partial charge in [0.05, 0.1) is 18.7 Å². The summed E-state index contributed by atoms with van der Waals surface area (Å²) in [4.78, 5) is 18.3. The fourth-order valence-corrected chi connectivity index (χ4v) is 2.96. The lowest BCUT2D eigenvalue weighted by Gasteiger charge is -2.18. The van der Waals surface area contributed by atoms with Gasteiger partial charge in [-0.1, -0.05) is 23.8 Å². The van der Waals surface area contributed by atoms with E-state index in [9.17, 15) is 4.79 Å². The first-order valence-electron chi connectivity index (χ1n) is 7.04. The molecule has 5 heteroatoms. The van der Waals surface area contributed by atoms with Gasteiger partial charge in [0.25, 0.3) is 0 Å². The number of hydrogen-bond acceptors (Lipinski definition) is 4. The van der Waals surface area contributed by atoms with Crippen molar-refractivity contribution >= 4 is 17.2 Å². The second-order valence-electron chi connectivity index (χ2n) is 4.89. The molecule has 1 aromatic heterocycles. The fraction of sp³-hybridized carbons (Fsp3) is 0.375. The third-order valence-electron chi connectivity index (χ3n) is 3.25. The SMILES string of the molecule is CCN(CCO)C(=O)Cc1csc(-c2cccc(C)c2)n1. The molecular formula is C16H20N2O2S. The number of benzene rings is 1. The van der Waals surface area contributed by atoms with E-state index in [-0.39, 0.29) is 18.9 Å². The van der Waals surface area contributed by atoms with Gasteiger partial charge in [-0.2, -0.15) is 0 Å². The quantitative estimate of drug-likeness (QED) is 0.892. The molecule has 0 aliphatic carbocycles. The Bertz CT molecular complexity index is 610. The molecule has 21 heavy (non-hydrogen) atoms. The maximum absolute atomic E-state index is 12.1. The highest BCUT2D eigenvalue weighted by Crippen LogP contribution is 2.24. The average Bonchev–Trinajstić information content (AvgIpc) is 2.93. The summed E-state index contributed by atoms with van der Waals surface area (Å²) in [5.41, 5.74) is 3.07. The van der Waals surface area contributed by atoms with Crippen molar-refractivity contribution in [1.82, 2.24) is 9.88 Å². The van der Waals surface area contributed by atoms with Crippen molar-refractivity contribution in [2.75, 3.05) is 19.7 Å². The Morgan fingerprint density at radius 2 is 2.24 bits per heavy atom. The van der Waals surface area contributed by atoms with Crippen LogP contribution in [0.1, 0.15) is 18.2 Å². The minimum atomic E-state index is -0.00874. The minimum absolute atomic E-state index is 0.00708. The van der Waals surface area contributed by atoms with Crippen LogP contribution in [-0.4, -0.2) is 40.6 Å². The van der Waals surface area contributed by atoms with E-state index in [0.29, 0.717) is 13.1 Å². The molecule has 0 saturated carbocycles. The number of rotatable bonds is 6. The van der Waals surface area contributed by atoms with Crippen LogP contribution in [0.3, 0.4) is 0 Å². The van der Waals surface area contributed by atoms with Crippen LogP contribution in [-0.2, 0) is 11.2 Å². The summed E-state index contributed by atoms with van der Waals surface area (Å²) < 4.78 is 0. The molecule has 112 valence electrons. The average molecular weight is 304 g/mol. The van der Waals surface area contributed by atoms with E-state index in [1.165, 1.54) is 5.56 Å². The van der Waals surface area contributed by atoms with Crippen LogP contribution >= 0.6 is 11.3 Å². The van der Waals surface area contributed by atoms with E-state index < -0.39 is 0 Å². The van der Waals surface area contributed by atoms with E-state index in [1.54, 1.807) is 16.2 Å². The van der Waals surface area contributed by atoms with Crippen LogP contribution in [0, 0.1) is 6.92 Å². The molecule has 4 nitrogen and oxygen atoms in total. The number of amides is 1. The smallest absolute Gasteiger partial charge is 0.228 e. The molecule has 0 radical (unpaired) electrons. The number of aliphatic hydroxyl groups excluding tert-OH is 1. The Morgan fingerprint density at radius 1 is 1.43 bits per heavy atom. The maximum Gasteiger partial charge on any atom is 0.228 e. The molecule has 0 aliphatic rings. The van der Waals surface area contributed by atoms with Crippen molar-refractivity contribution in [2.45, 2.75) is 20.3 Å². The zero-order chi connectivity index (χ0) is 15.2. The molecule has 0 bridgehead atoms. The lowest BCUT2D eigenvalue weighted by atomic mass is 10.1. The lowest BCUT2D eigenvalue weighted by molar-refractivity contribution is -0.130. The van der Waals surface area contributed by atoms with Gasteiger partial charge >= 0.3 is 0 Å². The number of hydrogen-bond donors (Lipinski definition) is 1. The molecule has 0 fully saturated rings. The standard InChI is InChI=1S/C16H20N2O2S/c1-3-18(7-8-19)15(20)10-14-11-21-16(17-14)13-6-4-5-12(2)9-13/h4-6,9,11,19H,3,7-8,10H2,1-2H3. The normalized spacial score (nSPS) is 10.6. The monoisotopic (exact) mass is 304 g/mol. The van der Waals surface area contributed by atoms with Crippen molar-refractivity contribution in [1.29, 1.82) is 0 Å². The lowest BCUT2D eigenvalue weighted by Crippen LogP contribution is -2.34. The van der Waals surface area contributed by atoms with Gasteiger partial charge in [-0.25, -0.2) is 4.98 Å². The molecule has 0 saturated heterocycles. The summed E-state index contributed by atoms with van der Waals surface area (Å²) in [6.45, 7) is 4.94. The number of aromatic nitrogens is 1. The number of thiazole rings is 1. The second-order valence-corrected chi connectivity index (χ2v) is 5.75. The number of carbonyl (C=O) groups excluding carboxylic acids is 1. The Morgan fingerprint density at radius 3 is 2.90 bits per heavy atom. The predicted octanol–water partition coefficient (Wildman–Crippen LogP) is 2.50. The molecular weight excluding hydrogens is 284 g/mol. The van der Waals surface area contributed by atoms with Crippen LogP contribution in [0.25, 0.3) is 10.6 Å². The van der Waals surface area contributed by atoms with Crippen LogP contribution in [0.2, 0.25) is 0 Å². The van der Waals surface area contributed by atoms with E-state index >= 15 is 0 Å². The van der Waals surface area contributed by atoms with Crippen molar-refractivity contribution in [2.24, 2.45) is 0 Å². The summed E-state index contributed by atoms with van der Waals surface area (Å²) in [5, 5.41) is 11.8. The third-order valence-corrected chi connectivity index (χ3v) is 4.19. The van der Waals surface area contributed by atoms with E-state index in [1.807, 2.05) is 24.4 Å². The highest BCUT2D eigenvalue weighted by Gasteiger charge is 2.14. The van der Waals surface area contributed by atoms with Crippen molar-refractivity contribution < 1.29 is 9.90 Å². The van der Waals surface area contributed by atoms with Gasteiger partial charge in [0.2, 0.25) is 5.91 Å². The van der Waals surface area contributed by atoms with E-state index in [2.05, 4.69) is 24.0 Å². The summed E-state index contributed by atoms with van der Waals surface area (Å²) in [6, 6.07) is 8.18. The third kappa shape index (κ3) is 4.12. The zero-order valence-electron chi connectivity index (χ0n) is 12.4. The summed E-state index contributed by atoms with van der Waals surface area (Å²) in [5.74, 6) is 0.00708. The molecule has 1 N–H and O–H groups in total. The molecule has 1 amide bonds. The van der Waals surface area contributed by atoms with Crippen molar-refractivity contribution in [3.05, 3.63) is 40.9 Å². The summed E-state index contributed by atoms with van der Waals surface area (Å²) >= 11 is 1.55. The highest BCUT2D eigenvalue weighted by molar-refractivity contribution is 7.13. The van der Waals surface area contributed by atoms with Gasteiger partial charge in [0.1, 0.15) is 5.01 Å². The molecule has 2 aromatic rings. The Kier molecular flexibility index (Phi) is 5.47. The molecule has 0 spiro atoms. The second kappa shape index (κ2) is 7.33. The van der Waals surface area contributed by atoms with Gasteiger partial charge in [-0.3, -0.25) is 4.79 Å². The van der Waals surface area contributed by atoms with Gasteiger partial charge in [0, 0.05) is 24.0 Å². The molecule has 2 rings (SSSR count). The van der Waals surface area contributed by atoms with Crippen molar-refractivity contribution in [3.8, 4) is 10.6 Å². The molecule has 0 unspecified atom stereocenters. The van der Waals surface area contributed by atoms with Gasteiger partial charge in [0.15, 0.2) is 0 Å². The van der Waals surface area contributed by atoms with E-state index in [4.69, 9.17) is 5.11 Å². The van der Waals surface area contributed by atoms with E-state index in [0.717, 1.165) is 16.3 Å². The van der Waals surface area contributed by atoms with Gasteiger partial charge in [-0.15, -0.1) is 11.3 Å². The van der Waals surface area contributed by atoms with Gasteiger partial charge in [-0.05, 0) is 19.9 Å². The van der Waals surface area contributed by atoms with Crippen LogP contribution in [0.4, 0.5) is 0 Å². The molecule has 0 aliphatic heterocycles. The van der Waals surface area contributed by atoms with Gasteiger partial charge < -0.3 is 10.0 Å². The molecule has 1 aromatic carbocycles. The summed E-state index contributed by atoms with van der Waals surface area (Å²) in [7, 11) is 0. The Balaban J connectivity index is 2.08.